The number of nitrogens with zero attached hydrogens (tertiary/aromatic N) is 1. The Labute approximate surface area is 200 Å². The molecule has 2 N–H and O–H groups in total. The van der Waals surface area contributed by atoms with Crippen LogP contribution < -0.4 is 5.32 Å². The zero-order valence-corrected chi connectivity index (χ0v) is 20.4. The van der Waals surface area contributed by atoms with E-state index in [0.717, 1.165) is 41.0 Å². The molecule has 2 rings (SSSR count). The van der Waals surface area contributed by atoms with Crippen LogP contribution >= 0.6 is 11.8 Å². The van der Waals surface area contributed by atoms with Gasteiger partial charge in [-0.25, -0.2) is 9.59 Å². The number of imide groups is 1. The second-order valence-corrected chi connectivity index (χ2v) is 9.59. The van der Waals surface area contributed by atoms with Gasteiger partial charge in [-0.1, -0.05) is 69.7 Å². The van der Waals surface area contributed by atoms with E-state index < -0.39 is 23.9 Å². The van der Waals surface area contributed by atoms with Crippen LogP contribution in [-0.2, 0) is 17.8 Å². The molecule has 0 aliphatic heterocycles. The number of rotatable bonds is 12. The van der Waals surface area contributed by atoms with Crippen LogP contribution in [0.5, 0.6) is 0 Å². The molecule has 3 amide bonds. The topological polar surface area (TPSA) is 86.7 Å². The second kappa shape index (κ2) is 13.7. The number of unbranched alkanes of at least 4 members (excludes halogenated alkanes) is 1. The molecule has 0 saturated heterocycles. The SMILES string of the molecule is CCCCSC[C@H](NC(=O)N(Cc1ccccc1)C(=O)c1cccc(CC(C)C)c1)C(=O)O. The second-order valence-electron chi connectivity index (χ2n) is 8.44. The van der Waals surface area contributed by atoms with Crippen molar-refractivity contribution in [2.24, 2.45) is 5.92 Å². The van der Waals surface area contributed by atoms with Crippen molar-refractivity contribution in [1.82, 2.24) is 10.2 Å². The fourth-order valence-corrected chi connectivity index (χ4v) is 4.43. The van der Waals surface area contributed by atoms with E-state index in [4.69, 9.17) is 0 Å². The molecular weight excluding hydrogens is 436 g/mol. The van der Waals surface area contributed by atoms with Gasteiger partial charge in [0.1, 0.15) is 6.04 Å². The van der Waals surface area contributed by atoms with E-state index in [2.05, 4.69) is 26.1 Å². The number of benzene rings is 2. The van der Waals surface area contributed by atoms with Crippen LogP contribution in [0.15, 0.2) is 54.6 Å². The number of aliphatic carboxylic acids is 1. The van der Waals surface area contributed by atoms with Gasteiger partial charge < -0.3 is 10.4 Å². The summed E-state index contributed by atoms with van der Waals surface area (Å²) in [6.07, 6.45) is 2.82. The summed E-state index contributed by atoms with van der Waals surface area (Å²) in [4.78, 5) is 39.4. The maximum absolute atomic E-state index is 13.4. The first-order valence-electron chi connectivity index (χ1n) is 11.4. The lowest BCUT2D eigenvalue weighted by atomic mass is 10.0. The molecule has 0 radical (unpaired) electrons. The Morgan fingerprint density at radius 1 is 1.03 bits per heavy atom. The van der Waals surface area contributed by atoms with Crippen LogP contribution in [0.2, 0.25) is 0 Å². The maximum atomic E-state index is 13.4. The molecule has 6 nitrogen and oxygen atoms in total. The Morgan fingerprint density at radius 2 is 1.73 bits per heavy atom. The minimum absolute atomic E-state index is 0.0508. The molecule has 0 spiro atoms. The number of thioether (sulfide) groups is 1. The first-order chi connectivity index (χ1) is 15.8. The number of carbonyl (C=O) groups is 3. The summed E-state index contributed by atoms with van der Waals surface area (Å²) >= 11 is 1.49. The molecule has 2 aromatic carbocycles. The summed E-state index contributed by atoms with van der Waals surface area (Å²) in [6, 6.07) is 14.7. The predicted molar refractivity (Wildman–Crippen MR) is 133 cm³/mol. The Kier molecular flexibility index (Phi) is 11.0. The minimum atomic E-state index is -1.11. The van der Waals surface area contributed by atoms with E-state index in [9.17, 15) is 19.5 Å². The normalized spacial score (nSPS) is 11.8. The van der Waals surface area contributed by atoms with Gasteiger partial charge in [0.25, 0.3) is 5.91 Å². The highest BCUT2D eigenvalue weighted by Crippen LogP contribution is 2.16. The number of carboxylic acids is 1. The molecule has 1 atom stereocenters. The maximum Gasteiger partial charge on any atom is 0.327 e. The summed E-state index contributed by atoms with van der Waals surface area (Å²) < 4.78 is 0. The van der Waals surface area contributed by atoms with E-state index in [1.165, 1.54) is 11.8 Å². The molecule has 2 aromatic rings. The van der Waals surface area contributed by atoms with Gasteiger partial charge >= 0.3 is 12.0 Å². The van der Waals surface area contributed by atoms with E-state index >= 15 is 0 Å². The number of urea groups is 1. The lowest BCUT2D eigenvalue weighted by Gasteiger charge is -2.24. The number of amides is 3. The quantitative estimate of drug-likeness (QED) is 0.415. The van der Waals surface area contributed by atoms with Crippen molar-refractivity contribution < 1.29 is 19.5 Å². The van der Waals surface area contributed by atoms with Crippen LogP contribution in [-0.4, -0.2) is 45.5 Å². The van der Waals surface area contributed by atoms with Crippen LogP contribution in [0.3, 0.4) is 0 Å². The van der Waals surface area contributed by atoms with Crippen molar-refractivity contribution in [1.29, 1.82) is 0 Å². The monoisotopic (exact) mass is 470 g/mol. The van der Waals surface area contributed by atoms with Gasteiger partial charge in [0.2, 0.25) is 0 Å². The fraction of sp³-hybridized carbons (Fsp3) is 0.423. The standard InChI is InChI=1S/C26H34N2O4S/c1-4-5-14-33-18-23(25(30)31)27-26(32)28(17-20-10-7-6-8-11-20)24(29)22-13-9-12-21(16-22)15-19(2)3/h6-13,16,19,23H,4-5,14-15,17-18H2,1-3H3,(H,27,32)(H,30,31)/t23-/m0/s1. The van der Waals surface area contributed by atoms with Crippen molar-refractivity contribution in [3.63, 3.8) is 0 Å². The predicted octanol–water partition coefficient (Wildman–Crippen LogP) is 5.22. The van der Waals surface area contributed by atoms with Crippen LogP contribution in [0.25, 0.3) is 0 Å². The van der Waals surface area contributed by atoms with E-state index in [0.29, 0.717) is 11.5 Å². The van der Waals surface area contributed by atoms with Gasteiger partial charge in [0.05, 0.1) is 6.54 Å². The van der Waals surface area contributed by atoms with Gasteiger partial charge in [0.15, 0.2) is 0 Å². The molecule has 0 fully saturated rings. The number of carbonyl (C=O) groups excluding carboxylic acids is 2. The van der Waals surface area contributed by atoms with Gasteiger partial charge in [-0.05, 0) is 47.8 Å². The van der Waals surface area contributed by atoms with Crippen LogP contribution in [0, 0.1) is 5.92 Å². The Balaban J connectivity index is 2.24. The van der Waals surface area contributed by atoms with Crippen molar-refractivity contribution in [3.05, 3.63) is 71.3 Å². The van der Waals surface area contributed by atoms with E-state index in [1.807, 2.05) is 48.5 Å². The summed E-state index contributed by atoms with van der Waals surface area (Å²) in [6.45, 7) is 6.33. The van der Waals surface area contributed by atoms with Gasteiger partial charge in [-0.15, -0.1) is 0 Å². The highest BCUT2D eigenvalue weighted by atomic mass is 32.2. The van der Waals surface area contributed by atoms with Gasteiger partial charge in [-0.2, -0.15) is 11.8 Å². The molecule has 0 aromatic heterocycles. The lowest BCUT2D eigenvalue weighted by molar-refractivity contribution is -0.138. The van der Waals surface area contributed by atoms with Gasteiger partial charge in [0, 0.05) is 11.3 Å². The van der Waals surface area contributed by atoms with E-state index in [1.54, 1.807) is 6.07 Å². The molecular formula is C26H34N2O4S. The summed E-state index contributed by atoms with van der Waals surface area (Å²) in [7, 11) is 0. The Hall–Kier alpha value is -2.80. The molecule has 0 unspecified atom stereocenters. The number of hydrogen-bond donors (Lipinski definition) is 2. The highest BCUT2D eigenvalue weighted by molar-refractivity contribution is 7.99. The number of carboxylic acid groups (broad SMARTS) is 1. The molecule has 7 heteroatoms. The van der Waals surface area contributed by atoms with Gasteiger partial charge in [-0.3, -0.25) is 9.69 Å². The Morgan fingerprint density at radius 3 is 2.36 bits per heavy atom. The minimum Gasteiger partial charge on any atom is -0.480 e. The largest absolute Gasteiger partial charge is 0.480 e. The molecule has 33 heavy (non-hydrogen) atoms. The molecule has 0 bridgehead atoms. The third kappa shape index (κ3) is 8.92. The van der Waals surface area contributed by atoms with E-state index in [-0.39, 0.29) is 12.3 Å². The molecule has 0 aliphatic rings. The smallest absolute Gasteiger partial charge is 0.327 e. The number of nitrogens with one attached hydrogen (secondary N) is 1. The number of hydrogen-bond acceptors (Lipinski definition) is 4. The molecule has 0 saturated carbocycles. The molecule has 0 aliphatic carbocycles. The summed E-state index contributed by atoms with van der Waals surface area (Å²) in [5.74, 6) is -0.0623. The van der Waals surface area contributed by atoms with Crippen LogP contribution in [0.4, 0.5) is 4.79 Å². The average molecular weight is 471 g/mol. The molecule has 0 heterocycles. The first-order valence-corrected chi connectivity index (χ1v) is 12.5. The third-order valence-electron chi connectivity index (χ3n) is 5.01. The first kappa shape index (κ1) is 26.5. The third-order valence-corrected chi connectivity index (χ3v) is 6.16. The molecule has 178 valence electrons. The zero-order chi connectivity index (χ0) is 24.2. The average Bonchev–Trinajstić information content (AvgIpc) is 2.79. The summed E-state index contributed by atoms with van der Waals surface area (Å²) in [5.41, 5.74) is 2.21. The highest BCUT2D eigenvalue weighted by Gasteiger charge is 2.28. The lowest BCUT2D eigenvalue weighted by Crippen LogP contribution is -2.50. The van der Waals surface area contributed by atoms with Crippen molar-refractivity contribution >= 4 is 29.7 Å². The summed E-state index contributed by atoms with van der Waals surface area (Å²) in [5, 5.41) is 12.2. The Bertz CT molecular complexity index is 918. The van der Waals surface area contributed by atoms with Crippen molar-refractivity contribution in [2.75, 3.05) is 11.5 Å². The fourth-order valence-electron chi connectivity index (χ4n) is 3.31. The van der Waals surface area contributed by atoms with Crippen molar-refractivity contribution in [2.45, 2.75) is 52.6 Å². The van der Waals surface area contributed by atoms with Crippen LogP contribution in [0.1, 0.15) is 55.1 Å². The zero-order valence-electron chi connectivity index (χ0n) is 19.6. The van der Waals surface area contributed by atoms with Crippen molar-refractivity contribution in [3.8, 4) is 0 Å².